The van der Waals surface area contributed by atoms with E-state index in [2.05, 4.69) is 29.5 Å². The Morgan fingerprint density at radius 1 is 0.962 bits per heavy atom. The Labute approximate surface area is 171 Å². The fraction of sp³-hybridized carbons (Fsp3) is 0.650. The van der Waals surface area contributed by atoms with Crippen LogP contribution in [0.2, 0.25) is 0 Å². The van der Waals surface area contributed by atoms with Crippen LogP contribution in [0.4, 0.5) is 0 Å². The fourth-order valence-corrected chi connectivity index (χ4v) is 3.72. The molecule has 2 rings (SSSR count). The maximum absolute atomic E-state index is 12.9. The van der Waals surface area contributed by atoms with E-state index in [4.69, 9.17) is 14.0 Å². The summed E-state index contributed by atoms with van der Waals surface area (Å²) in [4.78, 5) is 12.9. The summed E-state index contributed by atoms with van der Waals surface area (Å²) < 4.78 is 19.2. The Bertz CT molecular complexity index is 731. The van der Waals surface area contributed by atoms with Crippen molar-refractivity contribution in [1.29, 1.82) is 0 Å². The smallest absolute Gasteiger partial charge is 0.456 e. The molecule has 144 valence electrons. The van der Waals surface area contributed by atoms with Crippen molar-refractivity contribution in [3.8, 4) is 0 Å². The van der Waals surface area contributed by atoms with Crippen LogP contribution < -0.4 is 5.46 Å². The molecule has 0 N–H and O–H groups in total. The van der Waals surface area contributed by atoms with E-state index in [-0.39, 0.29) is 5.97 Å². The van der Waals surface area contributed by atoms with Crippen LogP contribution in [0.25, 0.3) is 0 Å². The van der Waals surface area contributed by atoms with Gasteiger partial charge in [-0.2, -0.15) is 0 Å². The van der Waals surface area contributed by atoms with Crippen molar-refractivity contribution >= 4 is 41.1 Å². The van der Waals surface area contributed by atoms with E-state index in [1.165, 1.54) is 0 Å². The van der Waals surface area contributed by atoms with Gasteiger partial charge in [-0.25, -0.2) is 4.79 Å². The first kappa shape index (κ1) is 21.7. The van der Waals surface area contributed by atoms with Gasteiger partial charge in [-0.05, 0) is 114 Å². The topological polar surface area (TPSA) is 44.8 Å². The van der Waals surface area contributed by atoms with Crippen LogP contribution in [-0.2, 0) is 14.0 Å². The van der Waals surface area contributed by atoms with Gasteiger partial charge in [0.25, 0.3) is 0 Å². The highest BCUT2D eigenvalue weighted by molar-refractivity contribution is 14.1. The van der Waals surface area contributed by atoms with Crippen LogP contribution >= 0.6 is 22.6 Å². The first-order chi connectivity index (χ1) is 11.6. The van der Waals surface area contributed by atoms with Crippen molar-refractivity contribution in [1.82, 2.24) is 0 Å². The molecule has 0 radical (unpaired) electrons. The van der Waals surface area contributed by atoms with Gasteiger partial charge in [-0.1, -0.05) is 0 Å². The number of benzene rings is 1. The second-order valence-electron chi connectivity index (χ2n) is 9.07. The zero-order chi connectivity index (χ0) is 20.2. The second kappa shape index (κ2) is 6.78. The summed E-state index contributed by atoms with van der Waals surface area (Å²) in [6.45, 7) is 19.7. The van der Waals surface area contributed by atoms with Crippen molar-refractivity contribution in [2.75, 3.05) is 0 Å². The average Bonchev–Trinajstić information content (AvgIpc) is 2.62. The molecule has 0 amide bonds. The summed E-state index contributed by atoms with van der Waals surface area (Å²) in [6.07, 6.45) is 0. The maximum atomic E-state index is 12.9. The Hall–Kier alpha value is -0.595. The number of hydrogen-bond acceptors (Lipinski definition) is 4. The predicted octanol–water partition coefficient (Wildman–Crippen LogP) is 4.47. The third-order valence-corrected chi connectivity index (χ3v) is 6.93. The van der Waals surface area contributed by atoms with Gasteiger partial charge >= 0.3 is 13.1 Å². The third-order valence-electron chi connectivity index (χ3n) is 5.31. The summed E-state index contributed by atoms with van der Waals surface area (Å²) in [5.74, 6) is -0.303. The highest BCUT2D eigenvalue weighted by Gasteiger charge is 2.53. The number of esters is 1. The van der Waals surface area contributed by atoms with Crippen LogP contribution in [0.5, 0.6) is 0 Å². The van der Waals surface area contributed by atoms with Crippen molar-refractivity contribution in [3.63, 3.8) is 0 Å². The second-order valence-corrected chi connectivity index (χ2v) is 10.1. The van der Waals surface area contributed by atoms with Crippen LogP contribution in [0.15, 0.2) is 0 Å². The highest BCUT2D eigenvalue weighted by atomic mass is 127. The summed E-state index contributed by atoms with van der Waals surface area (Å²) >= 11 is 2.29. The van der Waals surface area contributed by atoms with Gasteiger partial charge in [0.15, 0.2) is 0 Å². The predicted molar refractivity (Wildman–Crippen MR) is 114 cm³/mol. The molecule has 1 aliphatic heterocycles. The van der Waals surface area contributed by atoms with Crippen LogP contribution in [0, 0.1) is 24.3 Å². The summed E-state index contributed by atoms with van der Waals surface area (Å²) in [5, 5.41) is 0. The van der Waals surface area contributed by atoms with Crippen molar-refractivity contribution in [2.45, 2.75) is 86.0 Å². The molecule has 26 heavy (non-hydrogen) atoms. The minimum atomic E-state index is -0.545. The van der Waals surface area contributed by atoms with Crippen LogP contribution in [0.3, 0.4) is 0 Å². The van der Waals surface area contributed by atoms with E-state index < -0.39 is 23.9 Å². The highest BCUT2D eigenvalue weighted by Crippen LogP contribution is 2.38. The molecule has 0 spiro atoms. The van der Waals surface area contributed by atoms with E-state index in [0.717, 1.165) is 25.7 Å². The molecule has 1 aromatic carbocycles. The number of carbonyl (C=O) groups is 1. The third kappa shape index (κ3) is 3.83. The monoisotopic (exact) mass is 472 g/mol. The summed E-state index contributed by atoms with van der Waals surface area (Å²) in [5.41, 5.74) is 3.03. The lowest BCUT2D eigenvalue weighted by molar-refractivity contribution is 0.00578. The van der Waals surface area contributed by atoms with E-state index in [1.54, 1.807) is 0 Å². The SMILES string of the molecule is Cc1c(I)c(C)c(C(=O)OC(C)(C)C)c(C)c1B1OC(C)(C)C(C)(C)O1. The molecule has 1 heterocycles. The van der Waals surface area contributed by atoms with Gasteiger partial charge in [-0.15, -0.1) is 0 Å². The van der Waals surface area contributed by atoms with Gasteiger partial charge in [0, 0.05) is 3.57 Å². The van der Waals surface area contributed by atoms with Crippen molar-refractivity contribution in [3.05, 3.63) is 25.8 Å². The Balaban J connectivity index is 2.61. The number of halogens is 1. The van der Waals surface area contributed by atoms with Gasteiger partial charge in [0.1, 0.15) is 5.60 Å². The first-order valence-corrected chi connectivity index (χ1v) is 10.0. The zero-order valence-electron chi connectivity index (χ0n) is 17.6. The maximum Gasteiger partial charge on any atom is 0.495 e. The van der Waals surface area contributed by atoms with E-state index in [1.807, 2.05) is 62.3 Å². The molecule has 0 unspecified atom stereocenters. The lowest BCUT2D eigenvalue weighted by Crippen LogP contribution is -2.41. The quantitative estimate of drug-likeness (QED) is 0.362. The minimum Gasteiger partial charge on any atom is -0.456 e. The molecule has 1 fully saturated rings. The summed E-state index contributed by atoms with van der Waals surface area (Å²) in [7, 11) is -0.504. The Kier molecular flexibility index (Phi) is 5.66. The zero-order valence-corrected chi connectivity index (χ0v) is 19.7. The van der Waals surface area contributed by atoms with Crippen LogP contribution in [-0.4, -0.2) is 29.9 Å². The Morgan fingerprint density at radius 3 is 1.85 bits per heavy atom. The molecule has 0 aromatic heterocycles. The normalized spacial score (nSPS) is 19.0. The molecule has 1 aromatic rings. The minimum absolute atomic E-state index is 0.303. The van der Waals surface area contributed by atoms with E-state index in [9.17, 15) is 4.79 Å². The fourth-order valence-electron chi connectivity index (χ4n) is 3.16. The van der Waals surface area contributed by atoms with E-state index in [0.29, 0.717) is 5.56 Å². The van der Waals surface area contributed by atoms with Crippen LogP contribution in [0.1, 0.15) is 75.5 Å². The van der Waals surface area contributed by atoms with Crippen molar-refractivity contribution < 1.29 is 18.8 Å². The standard InChI is InChI=1S/C20H30BIO4/c1-11-14(17(23)24-18(4,5)6)12(2)16(22)13(3)15(11)21-25-19(7,8)20(9,10)26-21/h1-10H3. The first-order valence-electron chi connectivity index (χ1n) is 8.97. The molecule has 0 bridgehead atoms. The largest absolute Gasteiger partial charge is 0.495 e. The number of rotatable bonds is 2. The van der Waals surface area contributed by atoms with Gasteiger partial charge in [0.2, 0.25) is 0 Å². The molecule has 6 heteroatoms. The van der Waals surface area contributed by atoms with Gasteiger partial charge in [-0.3, -0.25) is 0 Å². The lowest BCUT2D eigenvalue weighted by Gasteiger charge is -2.32. The molecule has 1 saturated heterocycles. The average molecular weight is 472 g/mol. The molecule has 0 atom stereocenters. The van der Waals surface area contributed by atoms with Gasteiger partial charge < -0.3 is 14.0 Å². The molecule has 1 aliphatic rings. The van der Waals surface area contributed by atoms with E-state index >= 15 is 0 Å². The van der Waals surface area contributed by atoms with Crippen molar-refractivity contribution in [2.24, 2.45) is 0 Å². The molecule has 0 saturated carbocycles. The Morgan fingerprint density at radius 2 is 1.42 bits per heavy atom. The molecular weight excluding hydrogens is 442 g/mol. The number of hydrogen-bond donors (Lipinski definition) is 0. The number of ether oxygens (including phenoxy) is 1. The molecule has 0 aliphatic carbocycles. The molecular formula is C20H30BIO4. The lowest BCUT2D eigenvalue weighted by atomic mass is 9.71. The van der Waals surface area contributed by atoms with Gasteiger partial charge in [0.05, 0.1) is 16.8 Å². The molecule has 4 nitrogen and oxygen atoms in total. The number of carbonyl (C=O) groups excluding carboxylic acids is 1. The summed E-state index contributed by atoms with van der Waals surface area (Å²) in [6, 6.07) is 0.